The van der Waals surface area contributed by atoms with Gasteiger partial charge < -0.3 is 4.90 Å². The maximum absolute atomic E-state index is 13.0. The number of amides is 1. The van der Waals surface area contributed by atoms with Crippen LogP contribution in [0.2, 0.25) is 0 Å². The van der Waals surface area contributed by atoms with E-state index in [-0.39, 0.29) is 23.6 Å². The summed E-state index contributed by atoms with van der Waals surface area (Å²) in [6.07, 6.45) is 3.19. The Morgan fingerprint density at radius 1 is 1.27 bits per heavy atom. The number of halogens is 1. The highest BCUT2D eigenvalue weighted by molar-refractivity contribution is 5.90. The van der Waals surface area contributed by atoms with E-state index in [0.29, 0.717) is 11.5 Å². The summed E-state index contributed by atoms with van der Waals surface area (Å²) in [5, 5.41) is 4.31. The van der Waals surface area contributed by atoms with Crippen LogP contribution in [0.15, 0.2) is 24.3 Å². The monoisotopic (exact) mass is 302 g/mol. The van der Waals surface area contributed by atoms with Crippen LogP contribution < -0.4 is 0 Å². The molecule has 116 valence electrons. The molecule has 1 aromatic carbocycles. The van der Waals surface area contributed by atoms with Crippen LogP contribution in [0.4, 0.5) is 4.39 Å². The standard InChI is InChI=1S/C16H19FN4O/c1-11-5-3-4-10-20(11)16(22)15-18-12(2)21(19-15)14-8-6-13(17)7-9-14/h6-9,11H,3-5,10H2,1-2H3/t11-/m1/s1. The summed E-state index contributed by atoms with van der Waals surface area (Å²) in [5.41, 5.74) is 0.692. The first-order chi connectivity index (χ1) is 10.6. The van der Waals surface area contributed by atoms with Gasteiger partial charge in [0.05, 0.1) is 5.69 Å². The highest BCUT2D eigenvalue weighted by Crippen LogP contribution is 2.19. The van der Waals surface area contributed by atoms with E-state index in [1.54, 1.807) is 23.7 Å². The second-order valence-corrected chi connectivity index (χ2v) is 5.71. The molecule has 1 amide bonds. The lowest BCUT2D eigenvalue weighted by atomic mass is 10.0. The number of benzene rings is 1. The first-order valence-corrected chi connectivity index (χ1v) is 7.57. The van der Waals surface area contributed by atoms with Gasteiger partial charge in [-0.05, 0) is 57.4 Å². The number of likely N-dealkylation sites (tertiary alicyclic amines) is 1. The average Bonchev–Trinajstić information content (AvgIpc) is 2.90. The van der Waals surface area contributed by atoms with Gasteiger partial charge in [0.2, 0.25) is 5.82 Å². The smallest absolute Gasteiger partial charge is 0.293 e. The normalized spacial score (nSPS) is 18.5. The van der Waals surface area contributed by atoms with Gasteiger partial charge in [0.25, 0.3) is 5.91 Å². The fourth-order valence-electron chi connectivity index (χ4n) is 2.84. The number of rotatable bonds is 2. The lowest BCUT2D eigenvalue weighted by molar-refractivity contribution is 0.0623. The summed E-state index contributed by atoms with van der Waals surface area (Å²) in [7, 11) is 0. The van der Waals surface area contributed by atoms with Crippen molar-refractivity contribution in [2.45, 2.75) is 39.2 Å². The first kappa shape index (κ1) is 14.7. The molecule has 0 spiro atoms. The van der Waals surface area contributed by atoms with Gasteiger partial charge in [0.1, 0.15) is 11.6 Å². The number of hydrogen-bond acceptors (Lipinski definition) is 3. The molecule has 1 aromatic heterocycles. The highest BCUT2D eigenvalue weighted by Gasteiger charge is 2.27. The number of carbonyl (C=O) groups excluding carboxylic acids is 1. The lowest BCUT2D eigenvalue weighted by Gasteiger charge is -2.32. The third-order valence-corrected chi connectivity index (χ3v) is 4.10. The average molecular weight is 302 g/mol. The Morgan fingerprint density at radius 3 is 2.68 bits per heavy atom. The molecule has 1 saturated heterocycles. The summed E-state index contributed by atoms with van der Waals surface area (Å²) in [4.78, 5) is 18.7. The summed E-state index contributed by atoms with van der Waals surface area (Å²) in [5.74, 6) is 0.381. The van der Waals surface area contributed by atoms with Gasteiger partial charge in [0, 0.05) is 12.6 Å². The minimum absolute atomic E-state index is 0.129. The van der Waals surface area contributed by atoms with E-state index >= 15 is 0 Å². The van der Waals surface area contributed by atoms with Crippen LogP contribution in [0, 0.1) is 12.7 Å². The summed E-state index contributed by atoms with van der Waals surface area (Å²) >= 11 is 0. The molecule has 0 bridgehead atoms. The molecule has 3 rings (SSSR count). The van der Waals surface area contributed by atoms with E-state index in [2.05, 4.69) is 17.0 Å². The fraction of sp³-hybridized carbons (Fsp3) is 0.438. The van der Waals surface area contributed by atoms with Crippen molar-refractivity contribution in [3.05, 3.63) is 41.7 Å². The van der Waals surface area contributed by atoms with Crippen LogP contribution in [0.3, 0.4) is 0 Å². The second-order valence-electron chi connectivity index (χ2n) is 5.71. The van der Waals surface area contributed by atoms with Crippen LogP contribution in [0.1, 0.15) is 42.6 Å². The molecule has 1 atom stereocenters. The van der Waals surface area contributed by atoms with Crippen LogP contribution in [0.5, 0.6) is 0 Å². The molecule has 1 aliphatic rings. The molecule has 0 N–H and O–H groups in total. The summed E-state index contributed by atoms with van der Waals surface area (Å²) in [6.45, 7) is 4.60. The number of aryl methyl sites for hydroxylation is 1. The van der Waals surface area contributed by atoms with Crippen molar-refractivity contribution >= 4 is 5.91 Å². The molecule has 5 nitrogen and oxygen atoms in total. The molecule has 1 fully saturated rings. The maximum atomic E-state index is 13.0. The fourth-order valence-corrected chi connectivity index (χ4v) is 2.84. The van der Waals surface area contributed by atoms with Crippen molar-refractivity contribution in [1.82, 2.24) is 19.7 Å². The zero-order valence-corrected chi connectivity index (χ0v) is 12.8. The number of piperidine rings is 1. The van der Waals surface area contributed by atoms with Gasteiger partial charge in [-0.2, -0.15) is 0 Å². The quantitative estimate of drug-likeness (QED) is 0.857. The summed E-state index contributed by atoms with van der Waals surface area (Å²) in [6, 6.07) is 6.19. The number of hydrogen-bond donors (Lipinski definition) is 0. The van der Waals surface area contributed by atoms with Gasteiger partial charge in [-0.1, -0.05) is 0 Å². The zero-order chi connectivity index (χ0) is 15.7. The minimum atomic E-state index is -0.306. The molecule has 0 aliphatic carbocycles. The maximum Gasteiger partial charge on any atom is 0.293 e. The highest BCUT2D eigenvalue weighted by atomic mass is 19.1. The van der Waals surface area contributed by atoms with E-state index in [9.17, 15) is 9.18 Å². The van der Waals surface area contributed by atoms with Crippen molar-refractivity contribution < 1.29 is 9.18 Å². The van der Waals surface area contributed by atoms with Crippen molar-refractivity contribution in [2.24, 2.45) is 0 Å². The third-order valence-electron chi connectivity index (χ3n) is 4.10. The Bertz CT molecular complexity index is 680. The lowest BCUT2D eigenvalue weighted by Crippen LogP contribution is -2.42. The Kier molecular flexibility index (Phi) is 3.92. The van der Waals surface area contributed by atoms with Crippen LogP contribution >= 0.6 is 0 Å². The molecular weight excluding hydrogens is 283 g/mol. The van der Waals surface area contributed by atoms with E-state index in [1.165, 1.54) is 12.1 Å². The molecule has 0 unspecified atom stereocenters. The molecule has 1 aliphatic heterocycles. The van der Waals surface area contributed by atoms with Crippen LogP contribution in [-0.4, -0.2) is 38.2 Å². The van der Waals surface area contributed by atoms with E-state index in [4.69, 9.17) is 0 Å². The Labute approximate surface area is 128 Å². The molecule has 2 heterocycles. The molecule has 22 heavy (non-hydrogen) atoms. The first-order valence-electron chi connectivity index (χ1n) is 7.57. The number of carbonyl (C=O) groups is 1. The van der Waals surface area contributed by atoms with Crippen molar-refractivity contribution in [2.75, 3.05) is 6.54 Å². The van der Waals surface area contributed by atoms with Crippen LogP contribution in [-0.2, 0) is 0 Å². The van der Waals surface area contributed by atoms with Crippen LogP contribution in [0.25, 0.3) is 5.69 Å². The van der Waals surface area contributed by atoms with E-state index < -0.39 is 0 Å². The Balaban J connectivity index is 1.88. The zero-order valence-electron chi connectivity index (χ0n) is 12.8. The van der Waals surface area contributed by atoms with Gasteiger partial charge in [-0.25, -0.2) is 14.1 Å². The third kappa shape index (κ3) is 2.73. The van der Waals surface area contributed by atoms with Crippen molar-refractivity contribution in [1.29, 1.82) is 0 Å². The topological polar surface area (TPSA) is 51.0 Å². The van der Waals surface area contributed by atoms with Gasteiger partial charge in [-0.3, -0.25) is 4.79 Å². The van der Waals surface area contributed by atoms with Gasteiger partial charge in [0.15, 0.2) is 0 Å². The predicted octanol–water partition coefficient (Wildman–Crippen LogP) is 2.73. The summed E-state index contributed by atoms with van der Waals surface area (Å²) < 4.78 is 14.6. The van der Waals surface area contributed by atoms with Crippen molar-refractivity contribution in [3.63, 3.8) is 0 Å². The van der Waals surface area contributed by atoms with Crippen molar-refractivity contribution in [3.8, 4) is 5.69 Å². The number of aromatic nitrogens is 3. The molecular formula is C16H19FN4O. The van der Waals surface area contributed by atoms with Gasteiger partial charge in [-0.15, -0.1) is 5.10 Å². The van der Waals surface area contributed by atoms with Gasteiger partial charge >= 0.3 is 0 Å². The predicted molar refractivity (Wildman–Crippen MR) is 80.4 cm³/mol. The minimum Gasteiger partial charge on any atom is -0.333 e. The van der Waals surface area contributed by atoms with E-state index in [0.717, 1.165) is 25.8 Å². The van der Waals surface area contributed by atoms with E-state index in [1.807, 2.05) is 4.90 Å². The second kappa shape index (κ2) is 5.87. The Morgan fingerprint density at radius 2 is 2.00 bits per heavy atom. The largest absolute Gasteiger partial charge is 0.333 e. The molecule has 0 radical (unpaired) electrons. The molecule has 0 saturated carbocycles. The molecule has 2 aromatic rings. The Hall–Kier alpha value is -2.24. The SMILES string of the molecule is Cc1nc(C(=O)N2CCCC[C@H]2C)nn1-c1ccc(F)cc1. The number of nitrogens with zero attached hydrogens (tertiary/aromatic N) is 4. The molecule has 6 heteroatoms.